The molecule has 2 rings (SSSR count). The average Bonchev–Trinajstić information content (AvgIpc) is 2.88. The van der Waals surface area contributed by atoms with Crippen LogP contribution in [-0.4, -0.2) is 23.9 Å². The Morgan fingerprint density at radius 2 is 2.06 bits per heavy atom. The molecular weight excluding hydrogens is 224 g/mol. The van der Waals surface area contributed by atoms with Crippen LogP contribution in [0.2, 0.25) is 0 Å². The maximum Gasteiger partial charge on any atom is 0.242 e. The van der Waals surface area contributed by atoms with E-state index >= 15 is 0 Å². The van der Waals surface area contributed by atoms with Gasteiger partial charge in [0.2, 0.25) is 5.91 Å². The lowest BCUT2D eigenvalue weighted by Gasteiger charge is -2.23. The Bertz CT molecular complexity index is 473. The van der Waals surface area contributed by atoms with E-state index in [4.69, 9.17) is 5.26 Å². The molecule has 0 saturated carbocycles. The first-order valence-corrected chi connectivity index (χ1v) is 6.30. The molecule has 94 valence electrons. The summed E-state index contributed by atoms with van der Waals surface area (Å²) in [5, 5.41) is 9.01. The number of nitriles is 1. The van der Waals surface area contributed by atoms with Gasteiger partial charge in [0.15, 0.2) is 0 Å². The lowest BCUT2D eigenvalue weighted by atomic mass is 9.94. The van der Waals surface area contributed by atoms with Gasteiger partial charge in [0.1, 0.15) is 5.41 Å². The van der Waals surface area contributed by atoms with Crippen LogP contribution in [0.1, 0.15) is 31.7 Å². The van der Waals surface area contributed by atoms with Crippen LogP contribution in [0.3, 0.4) is 0 Å². The zero-order valence-corrected chi connectivity index (χ0v) is 10.9. The molecule has 1 saturated heterocycles. The van der Waals surface area contributed by atoms with Gasteiger partial charge in [-0.15, -0.1) is 0 Å². The van der Waals surface area contributed by atoms with Gasteiger partial charge < -0.3 is 4.90 Å². The first kappa shape index (κ1) is 12.6. The zero-order chi connectivity index (χ0) is 13.2. The average molecular weight is 242 g/mol. The smallest absolute Gasteiger partial charge is 0.242 e. The molecule has 0 bridgehead atoms. The predicted octanol–water partition coefficient (Wildman–Crippen LogP) is 2.55. The van der Waals surface area contributed by atoms with Gasteiger partial charge in [-0.2, -0.15) is 5.26 Å². The summed E-state index contributed by atoms with van der Waals surface area (Å²) in [5.74, 6) is 0.355. The number of benzene rings is 1. The van der Waals surface area contributed by atoms with Gasteiger partial charge >= 0.3 is 0 Å². The van der Waals surface area contributed by atoms with Crippen LogP contribution in [0.4, 0.5) is 0 Å². The second-order valence-corrected chi connectivity index (χ2v) is 5.38. The van der Waals surface area contributed by atoms with Crippen LogP contribution in [-0.2, 0) is 4.79 Å². The summed E-state index contributed by atoms with van der Waals surface area (Å²) in [7, 11) is 0. The van der Waals surface area contributed by atoms with Gasteiger partial charge in [-0.25, -0.2) is 0 Å². The number of hydrogen-bond acceptors (Lipinski definition) is 2. The molecule has 0 aliphatic carbocycles. The van der Waals surface area contributed by atoms with E-state index in [1.807, 2.05) is 23.1 Å². The quantitative estimate of drug-likeness (QED) is 0.800. The fourth-order valence-corrected chi connectivity index (χ4v) is 2.39. The molecule has 0 unspecified atom stereocenters. The molecule has 0 radical (unpaired) electrons. The van der Waals surface area contributed by atoms with Gasteiger partial charge in [-0.1, -0.05) is 30.3 Å². The molecule has 18 heavy (non-hydrogen) atoms. The number of nitrogens with zero attached hydrogens (tertiary/aromatic N) is 2. The number of amides is 1. The minimum Gasteiger partial charge on any atom is -0.341 e. The van der Waals surface area contributed by atoms with Crippen LogP contribution < -0.4 is 0 Å². The van der Waals surface area contributed by atoms with Crippen molar-refractivity contribution in [1.82, 2.24) is 4.90 Å². The topological polar surface area (TPSA) is 44.1 Å². The number of rotatable bonds is 2. The molecule has 1 aliphatic heterocycles. The molecule has 3 nitrogen and oxygen atoms in total. The summed E-state index contributed by atoms with van der Waals surface area (Å²) in [4.78, 5) is 14.0. The molecule has 0 spiro atoms. The van der Waals surface area contributed by atoms with Crippen molar-refractivity contribution in [3.8, 4) is 6.07 Å². The van der Waals surface area contributed by atoms with Gasteiger partial charge in [-0.05, 0) is 25.8 Å². The highest BCUT2D eigenvalue weighted by atomic mass is 16.2. The first-order valence-electron chi connectivity index (χ1n) is 6.30. The summed E-state index contributed by atoms with van der Waals surface area (Å²) < 4.78 is 0. The lowest BCUT2D eigenvalue weighted by molar-refractivity contribution is -0.136. The van der Waals surface area contributed by atoms with E-state index in [9.17, 15) is 4.79 Å². The Balaban J connectivity index is 2.06. The number of hydrogen-bond donors (Lipinski definition) is 0. The summed E-state index contributed by atoms with van der Waals surface area (Å²) in [6.45, 7) is 4.85. The molecule has 1 aliphatic rings. The summed E-state index contributed by atoms with van der Waals surface area (Å²) in [5.41, 5.74) is 0.369. The van der Waals surface area contributed by atoms with Crippen molar-refractivity contribution in [3.05, 3.63) is 35.9 Å². The molecule has 3 heteroatoms. The Morgan fingerprint density at radius 1 is 1.39 bits per heavy atom. The predicted molar refractivity (Wildman–Crippen MR) is 69.8 cm³/mol. The molecule has 1 atom stereocenters. The standard InChI is InChI=1S/C15H18N2O/c1-15(2,11-16)14(18)17-9-8-13(10-17)12-6-4-3-5-7-12/h3-7,13H,8-10H2,1-2H3/t13-/m1/s1. The Kier molecular flexibility index (Phi) is 3.38. The van der Waals surface area contributed by atoms with E-state index in [0.29, 0.717) is 5.92 Å². The van der Waals surface area contributed by atoms with Crippen molar-refractivity contribution in [1.29, 1.82) is 5.26 Å². The third kappa shape index (κ3) is 2.38. The van der Waals surface area contributed by atoms with Crippen molar-refractivity contribution in [3.63, 3.8) is 0 Å². The lowest BCUT2D eigenvalue weighted by Crippen LogP contribution is -2.38. The van der Waals surface area contributed by atoms with Gasteiger partial charge in [0.25, 0.3) is 0 Å². The normalized spacial score (nSPS) is 19.6. The van der Waals surface area contributed by atoms with Gasteiger partial charge in [-0.3, -0.25) is 4.79 Å². The van der Waals surface area contributed by atoms with Crippen LogP contribution in [0.15, 0.2) is 30.3 Å². The molecule has 1 fully saturated rings. The van der Waals surface area contributed by atoms with Gasteiger partial charge in [0.05, 0.1) is 6.07 Å². The van der Waals surface area contributed by atoms with Crippen molar-refractivity contribution < 1.29 is 4.79 Å². The summed E-state index contributed by atoms with van der Waals surface area (Å²) >= 11 is 0. The maximum atomic E-state index is 12.2. The summed E-state index contributed by atoms with van der Waals surface area (Å²) in [6.07, 6.45) is 0.983. The van der Waals surface area contributed by atoms with Crippen LogP contribution >= 0.6 is 0 Å². The van der Waals surface area contributed by atoms with Crippen molar-refractivity contribution in [2.45, 2.75) is 26.2 Å². The molecular formula is C15H18N2O. The Labute approximate surface area is 108 Å². The number of likely N-dealkylation sites (tertiary alicyclic amines) is 1. The van der Waals surface area contributed by atoms with Crippen molar-refractivity contribution in [2.75, 3.05) is 13.1 Å². The SMILES string of the molecule is CC(C)(C#N)C(=O)N1CC[C@@H](c2ccccc2)C1. The second-order valence-electron chi connectivity index (χ2n) is 5.38. The maximum absolute atomic E-state index is 12.2. The van der Waals surface area contributed by atoms with E-state index in [1.54, 1.807) is 13.8 Å². The fourth-order valence-electron chi connectivity index (χ4n) is 2.39. The van der Waals surface area contributed by atoms with E-state index in [2.05, 4.69) is 18.2 Å². The molecule has 1 aromatic rings. The Hall–Kier alpha value is -1.82. The second kappa shape index (κ2) is 4.81. The fraction of sp³-hybridized carbons (Fsp3) is 0.467. The van der Waals surface area contributed by atoms with Crippen LogP contribution in [0.25, 0.3) is 0 Å². The highest BCUT2D eigenvalue weighted by Gasteiger charge is 2.36. The van der Waals surface area contributed by atoms with E-state index in [0.717, 1.165) is 19.5 Å². The van der Waals surface area contributed by atoms with Crippen LogP contribution in [0, 0.1) is 16.7 Å². The number of carbonyl (C=O) groups is 1. The highest BCUT2D eigenvalue weighted by Crippen LogP contribution is 2.29. The molecule has 0 N–H and O–H groups in total. The van der Waals surface area contributed by atoms with E-state index in [-0.39, 0.29) is 5.91 Å². The van der Waals surface area contributed by atoms with Crippen molar-refractivity contribution >= 4 is 5.91 Å². The number of carbonyl (C=O) groups excluding carboxylic acids is 1. The molecule has 1 amide bonds. The van der Waals surface area contributed by atoms with Crippen LogP contribution in [0.5, 0.6) is 0 Å². The third-order valence-electron chi connectivity index (χ3n) is 3.56. The largest absolute Gasteiger partial charge is 0.341 e. The van der Waals surface area contributed by atoms with E-state index < -0.39 is 5.41 Å². The summed E-state index contributed by atoms with van der Waals surface area (Å²) in [6, 6.07) is 12.3. The first-order chi connectivity index (χ1) is 8.54. The molecule has 0 aromatic heterocycles. The minimum absolute atomic E-state index is 0.0524. The Morgan fingerprint density at radius 3 is 2.67 bits per heavy atom. The third-order valence-corrected chi connectivity index (χ3v) is 3.56. The van der Waals surface area contributed by atoms with Gasteiger partial charge in [0, 0.05) is 19.0 Å². The molecule has 1 aromatic carbocycles. The minimum atomic E-state index is -0.911. The van der Waals surface area contributed by atoms with E-state index in [1.165, 1.54) is 5.56 Å². The monoisotopic (exact) mass is 242 g/mol. The zero-order valence-electron chi connectivity index (χ0n) is 10.9. The van der Waals surface area contributed by atoms with Crippen molar-refractivity contribution in [2.24, 2.45) is 5.41 Å². The molecule has 1 heterocycles. The highest BCUT2D eigenvalue weighted by molar-refractivity contribution is 5.84.